The molecule has 3 aliphatic heterocycles. The van der Waals surface area contributed by atoms with Gasteiger partial charge in [-0.2, -0.15) is 18.4 Å². The van der Waals surface area contributed by atoms with Gasteiger partial charge >= 0.3 is 6.18 Å². The second-order valence-electron chi connectivity index (χ2n) is 6.58. The summed E-state index contributed by atoms with van der Waals surface area (Å²) in [5.41, 5.74) is 4.17. The Morgan fingerprint density at radius 2 is 2.08 bits per heavy atom. The van der Waals surface area contributed by atoms with E-state index in [-0.39, 0.29) is 24.2 Å². The molecule has 2 bridgehead atoms. The van der Waals surface area contributed by atoms with Crippen LogP contribution in [-0.4, -0.2) is 38.5 Å². The van der Waals surface area contributed by atoms with Gasteiger partial charge in [-0.3, -0.25) is 4.31 Å². The number of ether oxygens (including phenoxy) is 1. The molecule has 3 aliphatic rings. The fraction of sp³-hybridized carbons (Fsp3) is 0.533. The van der Waals surface area contributed by atoms with Crippen molar-refractivity contribution in [3.8, 4) is 6.07 Å². The third-order valence-corrected chi connectivity index (χ3v) is 7.53. The molecule has 25 heavy (non-hydrogen) atoms. The first-order valence-electron chi connectivity index (χ1n) is 7.68. The van der Waals surface area contributed by atoms with Crippen molar-refractivity contribution >= 4 is 15.7 Å². The van der Waals surface area contributed by atoms with Crippen LogP contribution < -0.4 is 10.0 Å². The summed E-state index contributed by atoms with van der Waals surface area (Å²) in [6, 6.07) is 4.18. The van der Waals surface area contributed by atoms with Crippen molar-refractivity contribution in [3.05, 3.63) is 29.3 Å². The summed E-state index contributed by atoms with van der Waals surface area (Å²) in [6.45, 7) is 0.0328. The van der Waals surface area contributed by atoms with Gasteiger partial charge in [0, 0.05) is 18.5 Å². The van der Waals surface area contributed by atoms with E-state index in [0.717, 1.165) is 16.4 Å². The zero-order valence-electron chi connectivity index (χ0n) is 12.8. The molecule has 6 nitrogen and oxygen atoms in total. The highest BCUT2D eigenvalue weighted by Gasteiger charge is 2.63. The number of halogens is 3. The lowest BCUT2D eigenvalue weighted by Gasteiger charge is -2.22. The molecule has 1 aromatic rings. The lowest BCUT2D eigenvalue weighted by molar-refractivity contribution is -0.137. The molecule has 3 fully saturated rings. The van der Waals surface area contributed by atoms with Gasteiger partial charge in [0.15, 0.2) is 0 Å². The summed E-state index contributed by atoms with van der Waals surface area (Å²) >= 11 is 0. The molecule has 0 saturated carbocycles. The molecule has 0 spiro atoms. The SMILES string of the molecule is N#Cc1ccc(N2C[C@H]3[C@@H]4O[C@@H](C[C@H]4N)[C@H]3S2(=O)=O)cc1C(F)(F)F. The Bertz CT molecular complexity index is 880. The van der Waals surface area contributed by atoms with Gasteiger partial charge in [-0.15, -0.1) is 0 Å². The highest BCUT2D eigenvalue weighted by Crippen LogP contribution is 2.49. The third-order valence-electron chi connectivity index (χ3n) is 5.21. The number of alkyl halides is 3. The molecule has 3 saturated heterocycles. The maximum atomic E-state index is 13.2. The van der Waals surface area contributed by atoms with E-state index in [9.17, 15) is 21.6 Å². The number of hydrogen-bond donors (Lipinski definition) is 1. The number of fused-ring (bicyclic) bond motifs is 5. The van der Waals surface area contributed by atoms with Gasteiger partial charge in [-0.25, -0.2) is 8.42 Å². The third kappa shape index (κ3) is 2.26. The number of nitrogens with zero attached hydrogens (tertiary/aromatic N) is 2. The molecular weight excluding hydrogens is 359 g/mol. The number of nitriles is 1. The highest BCUT2D eigenvalue weighted by molar-refractivity contribution is 7.93. The van der Waals surface area contributed by atoms with E-state index in [4.69, 9.17) is 15.7 Å². The summed E-state index contributed by atoms with van der Waals surface area (Å²) in [6.07, 6.45) is -5.22. The smallest absolute Gasteiger partial charge is 0.371 e. The summed E-state index contributed by atoms with van der Waals surface area (Å²) in [7, 11) is -3.85. The number of benzene rings is 1. The molecule has 2 N–H and O–H groups in total. The van der Waals surface area contributed by atoms with Crippen LogP contribution in [0.4, 0.5) is 18.9 Å². The topological polar surface area (TPSA) is 96.4 Å². The predicted octanol–water partition coefficient (Wildman–Crippen LogP) is 1.21. The zero-order chi connectivity index (χ0) is 18.1. The Morgan fingerprint density at radius 3 is 2.72 bits per heavy atom. The summed E-state index contributed by atoms with van der Waals surface area (Å²) in [4.78, 5) is 0. The number of sulfonamides is 1. The van der Waals surface area contributed by atoms with Gasteiger partial charge in [0.25, 0.3) is 0 Å². The van der Waals surface area contributed by atoms with Crippen molar-refractivity contribution in [1.82, 2.24) is 0 Å². The van der Waals surface area contributed by atoms with Crippen LogP contribution in [0, 0.1) is 17.2 Å². The molecule has 0 unspecified atom stereocenters. The van der Waals surface area contributed by atoms with Crippen LogP contribution in [0.2, 0.25) is 0 Å². The molecule has 5 atom stereocenters. The highest BCUT2D eigenvalue weighted by atomic mass is 32.2. The van der Waals surface area contributed by atoms with E-state index in [1.807, 2.05) is 0 Å². The average Bonchev–Trinajstić information content (AvgIpc) is 3.15. The van der Waals surface area contributed by atoms with E-state index in [1.165, 1.54) is 12.1 Å². The van der Waals surface area contributed by atoms with Crippen molar-refractivity contribution in [1.29, 1.82) is 5.26 Å². The van der Waals surface area contributed by atoms with E-state index in [2.05, 4.69) is 0 Å². The second-order valence-corrected chi connectivity index (χ2v) is 8.60. The molecule has 0 aliphatic carbocycles. The van der Waals surface area contributed by atoms with Gasteiger partial charge in [-0.05, 0) is 24.6 Å². The lowest BCUT2D eigenvalue weighted by atomic mass is 9.85. The monoisotopic (exact) mass is 373 g/mol. The van der Waals surface area contributed by atoms with Crippen molar-refractivity contribution in [2.75, 3.05) is 10.8 Å². The standard InChI is InChI=1S/C15H14F3N3O3S/c16-15(17,18)10-3-8(2-1-7(10)5-19)21-6-9-13-11(20)4-12(24-13)14(9)25(21,22)23/h1-3,9,11-14H,4,6,20H2/t9-,11+,12-,13-,14-/m0/s1. The fourth-order valence-electron chi connectivity index (χ4n) is 4.19. The van der Waals surface area contributed by atoms with Gasteiger partial charge < -0.3 is 10.5 Å². The summed E-state index contributed by atoms with van der Waals surface area (Å²) in [5.74, 6) is -0.358. The fourth-order valence-corrected chi connectivity index (χ4v) is 6.51. The second kappa shape index (κ2) is 5.09. The van der Waals surface area contributed by atoms with Crippen molar-refractivity contribution < 1.29 is 26.3 Å². The Kier molecular flexibility index (Phi) is 3.39. The molecular formula is C15H14F3N3O3S. The van der Waals surface area contributed by atoms with Gasteiger partial charge in [0.05, 0.1) is 35.1 Å². The molecule has 3 heterocycles. The van der Waals surface area contributed by atoms with Crippen LogP contribution in [0.15, 0.2) is 18.2 Å². The van der Waals surface area contributed by atoms with Crippen LogP contribution in [0.1, 0.15) is 17.5 Å². The van der Waals surface area contributed by atoms with Crippen molar-refractivity contribution in [2.45, 2.75) is 36.1 Å². The van der Waals surface area contributed by atoms with Crippen LogP contribution in [-0.2, 0) is 20.9 Å². The molecule has 0 radical (unpaired) electrons. The average molecular weight is 373 g/mol. The molecule has 4 rings (SSSR count). The molecule has 134 valence electrons. The molecule has 0 amide bonds. The predicted molar refractivity (Wildman–Crippen MR) is 81.0 cm³/mol. The molecule has 1 aromatic carbocycles. The summed E-state index contributed by atoms with van der Waals surface area (Å²) < 4.78 is 71.8. The number of anilines is 1. The minimum Gasteiger partial charge on any atom is -0.371 e. The number of hydrogen-bond acceptors (Lipinski definition) is 5. The Morgan fingerprint density at radius 1 is 1.36 bits per heavy atom. The minimum atomic E-state index is -4.75. The van der Waals surface area contributed by atoms with Crippen LogP contribution in [0.3, 0.4) is 0 Å². The normalized spacial score (nSPS) is 35.6. The number of rotatable bonds is 1. The van der Waals surface area contributed by atoms with E-state index in [0.29, 0.717) is 6.42 Å². The molecule has 0 aromatic heterocycles. The van der Waals surface area contributed by atoms with Crippen LogP contribution in [0.5, 0.6) is 0 Å². The minimum absolute atomic E-state index is 0.0328. The van der Waals surface area contributed by atoms with Crippen LogP contribution in [0.25, 0.3) is 0 Å². The van der Waals surface area contributed by atoms with Gasteiger partial charge in [0.1, 0.15) is 5.25 Å². The number of nitrogens with two attached hydrogens (primary N) is 1. The summed E-state index contributed by atoms with van der Waals surface area (Å²) in [5, 5.41) is 8.09. The Labute approximate surface area is 142 Å². The Hall–Kier alpha value is -1.83. The first-order valence-corrected chi connectivity index (χ1v) is 9.19. The van der Waals surface area contributed by atoms with Crippen molar-refractivity contribution in [2.24, 2.45) is 11.7 Å². The van der Waals surface area contributed by atoms with E-state index in [1.54, 1.807) is 0 Å². The van der Waals surface area contributed by atoms with E-state index < -0.39 is 44.8 Å². The largest absolute Gasteiger partial charge is 0.417 e. The maximum Gasteiger partial charge on any atom is 0.417 e. The van der Waals surface area contributed by atoms with Crippen molar-refractivity contribution in [3.63, 3.8) is 0 Å². The lowest BCUT2D eigenvalue weighted by Crippen LogP contribution is -2.44. The van der Waals surface area contributed by atoms with E-state index >= 15 is 0 Å². The van der Waals surface area contributed by atoms with Gasteiger partial charge in [-0.1, -0.05) is 0 Å². The first-order chi connectivity index (χ1) is 11.6. The molecule has 10 heteroatoms. The Balaban J connectivity index is 1.76. The first kappa shape index (κ1) is 16.6. The van der Waals surface area contributed by atoms with Gasteiger partial charge in [0.2, 0.25) is 10.0 Å². The maximum absolute atomic E-state index is 13.2. The quantitative estimate of drug-likeness (QED) is 0.798. The zero-order valence-corrected chi connectivity index (χ0v) is 13.6. The van der Waals surface area contributed by atoms with Crippen LogP contribution >= 0.6 is 0 Å².